The maximum Gasteiger partial charge on any atom is 0.335 e. The topological polar surface area (TPSA) is 104 Å². The zero-order chi connectivity index (χ0) is 28.6. The molecule has 1 aliphatic heterocycles. The molecule has 1 unspecified atom stereocenters. The second-order valence-electron chi connectivity index (χ2n) is 10.3. The van der Waals surface area contributed by atoms with E-state index in [9.17, 15) is 24.6 Å². The summed E-state index contributed by atoms with van der Waals surface area (Å²) in [5.74, 6) is -2.93. The van der Waals surface area contributed by atoms with Crippen LogP contribution in [0.2, 0.25) is 10.0 Å². The number of rotatable bonds is 6. The Morgan fingerprint density at radius 1 is 0.923 bits per heavy atom. The molecule has 4 rings (SSSR count). The number of aromatic carboxylic acids is 1. The van der Waals surface area contributed by atoms with Crippen LogP contribution in [0.4, 0.5) is 0 Å². The van der Waals surface area contributed by atoms with Crippen LogP contribution in [-0.4, -0.2) is 39.9 Å². The molecule has 3 aromatic rings. The van der Waals surface area contributed by atoms with E-state index in [1.165, 1.54) is 36.3 Å². The van der Waals surface area contributed by atoms with Gasteiger partial charge < -0.3 is 19.8 Å². The summed E-state index contributed by atoms with van der Waals surface area (Å²) in [4.78, 5) is 39.4. The molecule has 0 saturated carbocycles. The molecule has 2 N–H and O–H groups in total. The molecule has 1 fully saturated rings. The van der Waals surface area contributed by atoms with Crippen LogP contribution in [0.1, 0.15) is 59.4 Å². The fraction of sp³-hybridized carbons (Fsp3) is 0.233. The molecular weight excluding hydrogens is 541 g/mol. The molecule has 39 heavy (non-hydrogen) atoms. The highest BCUT2D eigenvalue weighted by Crippen LogP contribution is 2.43. The van der Waals surface area contributed by atoms with Crippen molar-refractivity contribution in [3.05, 3.63) is 104 Å². The number of ether oxygens (including phenoxy) is 1. The van der Waals surface area contributed by atoms with Gasteiger partial charge in [0, 0.05) is 12.1 Å². The number of likely N-dealkylation sites (tertiary alicyclic amines) is 1. The second kappa shape index (κ2) is 10.8. The number of Topliss-reactive ketones (excluding diaryl/α,β-unsaturated/α-hetero) is 1. The van der Waals surface area contributed by atoms with Crippen LogP contribution >= 0.6 is 23.2 Å². The number of carbonyl (C=O) groups excluding carboxylic acids is 2. The van der Waals surface area contributed by atoms with E-state index in [0.29, 0.717) is 11.1 Å². The van der Waals surface area contributed by atoms with Crippen molar-refractivity contribution in [3.8, 4) is 5.75 Å². The Hall–Kier alpha value is -3.81. The summed E-state index contributed by atoms with van der Waals surface area (Å²) < 4.78 is 5.18. The SMILES string of the molecule is COc1c(Cl)cc(/C(O)=C2\C(=O)C(=O)N(Cc3ccc(C(=O)O)cc3)C2c2ccc(C(C)(C)C)cc2)cc1Cl. The number of aliphatic hydroxyl groups excluding tert-OH is 1. The van der Waals surface area contributed by atoms with Gasteiger partial charge in [-0.05, 0) is 46.4 Å². The van der Waals surface area contributed by atoms with Crippen LogP contribution in [0.3, 0.4) is 0 Å². The largest absolute Gasteiger partial charge is 0.507 e. The Morgan fingerprint density at radius 3 is 1.97 bits per heavy atom. The van der Waals surface area contributed by atoms with E-state index in [4.69, 9.17) is 27.9 Å². The minimum absolute atomic E-state index is 0.0110. The number of carbonyl (C=O) groups is 3. The smallest absolute Gasteiger partial charge is 0.335 e. The van der Waals surface area contributed by atoms with Gasteiger partial charge in [-0.2, -0.15) is 0 Å². The van der Waals surface area contributed by atoms with E-state index in [1.54, 1.807) is 12.1 Å². The number of carboxylic acid groups (broad SMARTS) is 1. The number of methoxy groups -OCH3 is 1. The number of benzene rings is 3. The highest BCUT2D eigenvalue weighted by Gasteiger charge is 2.46. The fourth-order valence-electron chi connectivity index (χ4n) is 4.55. The Labute approximate surface area is 236 Å². The van der Waals surface area contributed by atoms with Gasteiger partial charge in [-0.1, -0.05) is 80.4 Å². The molecule has 1 saturated heterocycles. The predicted molar refractivity (Wildman–Crippen MR) is 149 cm³/mol. The van der Waals surface area contributed by atoms with Crippen LogP contribution in [0.5, 0.6) is 5.75 Å². The molecule has 7 nitrogen and oxygen atoms in total. The molecular formula is C30H27Cl2NO6. The fourth-order valence-corrected chi connectivity index (χ4v) is 5.19. The van der Waals surface area contributed by atoms with E-state index in [1.807, 2.05) is 24.3 Å². The number of amides is 1. The Morgan fingerprint density at radius 2 is 1.49 bits per heavy atom. The van der Waals surface area contributed by atoms with Crippen LogP contribution in [0, 0.1) is 0 Å². The van der Waals surface area contributed by atoms with Gasteiger partial charge in [0.05, 0.1) is 34.3 Å². The lowest BCUT2D eigenvalue weighted by Gasteiger charge is -2.26. The summed E-state index contributed by atoms with van der Waals surface area (Å²) in [6, 6.07) is 15.5. The average molecular weight is 568 g/mol. The van der Waals surface area contributed by atoms with Crippen LogP contribution in [-0.2, 0) is 21.5 Å². The van der Waals surface area contributed by atoms with Crippen LogP contribution in [0.15, 0.2) is 66.2 Å². The number of aliphatic hydroxyl groups is 1. The van der Waals surface area contributed by atoms with Gasteiger partial charge in [-0.15, -0.1) is 0 Å². The zero-order valence-electron chi connectivity index (χ0n) is 21.8. The van der Waals surface area contributed by atoms with E-state index in [2.05, 4.69) is 20.8 Å². The maximum atomic E-state index is 13.4. The molecule has 0 spiro atoms. The van der Waals surface area contributed by atoms with Gasteiger partial charge in [-0.25, -0.2) is 4.79 Å². The third-order valence-electron chi connectivity index (χ3n) is 6.66. The van der Waals surface area contributed by atoms with Crippen molar-refractivity contribution >= 4 is 46.6 Å². The van der Waals surface area contributed by atoms with Crippen LogP contribution in [0.25, 0.3) is 5.76 Å². The number of carboxylic acids is 1. The number of nitrogens with zero attached hydrogens (tertiary/aromatic N) is 1. The van der Waals surface area contributed by atoms with Gasteiger partial charge in [0.15, 0.2) is 5.75 Å². The number of halogens is 2. The van der Waals surface area contributed by atoms with E-state index in [0.717, 1.165) is 5.56 Å². The van der Waals surface area contributed by atoms with Gasteiger partial charge in [0.25, 0.3) is 11.7 Å². The molecule has 0 aliphatic carbocycles. The highest BCUT2D eigenvalue weighted by molar-refractivity contribution is 6.46. The van der Waals surface area contributed by atoms with Crippen molar-refractivity contribution in [2.75, 3.05) is 7.11 Å². The predicted octanol–water partition coefficient (Wildman–Crippen LogP) is 6.62. The Balaban J connectivity index is 1.86. The second-order valence-corrected chi connectivity index (χ2v) is 11.1. The van der Waals surface area contributed by atoms with Gasteiger partial charge in [0.2, 0.25) is 0 Å². The molecule has 202 valence electrons. The Bertz CT molecular complexity index is 1460. The van der Waals surface area contributed by atoms with E-state index in [-0.39, 0.29) is 44.5 Å². The summed E-state index contributed by atoms with van der Waals surface area (Å²) in [5, 5.41) is 20.8. The molecule has 1 aliphatic rings. The van der Waals surface area contributed by atoms with Crippen molar-refractivity contribution in [2.24, 2.45) is 0 Å². The summed E-state index contributed by atoms with van der Waals surface area (Å²) in [6.07, 6.45) is 0. The van der Waals surface area contributed by atoms with E-state index < -0.39 is 29.5 Å². The minimum Gasteiger partial charge on any atom is -0.507 e. The third kappa shape index (κ3) is 5.51. The van der Waals surface area contributed by atoms with Crippen molar-refractivity contribution in [3.63, 3.8) is 0 Å². The monoisotopic (exact) mass is 567 g/mol. The van der Waals surface area contributed by atoms with Crippen molar-refractivity contribution in [2.45, 2.75) is 38.8 Å². The molecule has 9 heteroatoms. The Kier molecular flexibility index (Phi) is 7.77. The lowest BCUT2D eigenvalue weighted by molar-refractivity contribution is -0.140. The average Bonchev–Trinajstić information content (AvgIpc) is 3.13. The van der Waals surface area contributed by atoms with Crippen LogP contribution < -0.4 is 4.74 Å². The first-order chi connectivity index (χ1) is 18.3. The summed E-state index contributed by atoms with van der Waals surface area (Å²) in [6.45, 7) is 6.24. The van der Waals surface area contributed by atoms with Gasteiger partial charge in [0.1, 0.15) is 5.76 Å². The van der Waals surface area contributed by atoms with Crippen molar-refractivity contribution < 1.29 is 29.3 Å². The minimum atomic E-state index is -1.07. The third-order valence-corrected chi connectivity index (χ3v) is 7.22. The molecule has 1 atom stereocenters. The molecule has 3 aromatic carbocycles. The van der Waals surface area contributed by atoms with Crippen molar-refractivity contribution in [1.29, 1.82) is 0 Å². The highest BCUT2D eigenvalue weighted by atomic mass is 35.5. The molecule has 0 bridgehead atoms. The summed E-state index contributed by atoms with van der Waals surface area (Å²) >= 11 is 12.6. The number of hydrogen-bond acceptors (Lipinski definition) is 5. The lowest BCUT2D eigenvalue weighted by Crippen LogP contribution is -2.29. The maximum absolute atomic E-state index is 13.4. The first-order valence-corrected chi connectivity index (χ1v) is 12.8. The first-order valence-electron chi connectivity index (χ1n) is 12.1. The lowest BCUT2D eigenvalue weighted by atomic mass is 9.85. The molecule has 0 radical (unpaired) electrons. The molecule has 1 amide bonds. The first kappa shape index (κ1) is 28.2. The standard InChI is InChI=1S/C30H27Cl2NO6/c1-30(2,3)20-11-9-17(10-12-20)24-23(25(34)19-13-21(31)27(39-4)22(32)14-19)26(35)28(36)33(24)15-16-5-7-18(8-6-16)29(37)38/h5-14,24,34H,15H2,1-4H3,(H,37,38)/b25-23+. The summed E-state index contributed by atoms with van der Waals surface area (Å²) in [5.41, 5.74) is 2.33. The van der Waals surface area contributed by atoms with Gasteiger partial charge in [-0.3, -0.25) is 9.59 Å². The van der Waals surface area contributed by atoms with Gasteiger partial charge >= 0.3 is 5.97 Å². The number of hydrogen-bond donors (Lipinski definition) is 2. The quantitative estimate of drug-likeness (QED) is 0.197. The van der Waals surface area contributed by atoms with Crippen molar-refractivity contribution in [1.82, 2.24) is 4.90 Å². The molecule has 0 aromatic heterocycles. The normalized spacial score (nSPS) is 17.0. The number of ketones is 1. The zero-order valence-corrected chi connectivity index (χ0v) is 23.3. The summed E-state index contributed by atoms with van der Waals surface area (Å²) in [7, 11) is 1.41. The van der Waals surface area contributed by atoms with E-state index >= 15 is 0 Å². The molecule has 1 heterocycles.